The third-order valence-corrected chi connectivity index (χ3v) is 12.2. The molecular weight excluding hydrogens is 637 g/mol. The number of rotatable bonds is 8. The largest absolute Gasteiger partial charge is 0.332 e. The Labute approximate surface area is 292 Å². The molecule has 6 atom stereocenters. The molecule has 4 aromatic rings. The number of aromatic nitrogens is 2. The van der Waals surface area contributed by atoms with Crippen LogP contribution in [0.15, 0.2) is 59.3 Å². The summed E-state index contributed by atoms with van der Waals surface area (Å²) in [5.41, 5.74) is 4.49. The topological polar surface area (TPSA) is 83.5 Å². The fourth-order valence-electron chi connectivity index (χ4n) is 7.72. The van der Waals surface area contributed by atoms with Crippen molar-refractivity contribution in [2.75, 3.05) is 0 Å². The summed E-state index contributed by atoms with van der Waals surface area (Å²) in [5.74, 6) is -0.774. The summed E-state index contributed by atoms with van der Waals surface area (Å²) in [7, 11) is 0. The van der Waals surface area contributed by atoms with Gasteiger partial charge in [-0.25, -0.2) is 9.97 Å². The van der Waals surface area contributed by atoms with Crippen molar-refractivity contribution in [3.63, 3.8) is 0 Å². The quantitative estimate of drug-likeness (QED) is 0.185. The van der Waals surface area contributed by atoms with Crippen molar-refractivity contribution >= 4 is 40.3 Å². The maximum absolute atomic E-state index is 14.2. The molecule has 4 heterocycles. The van der Waals surface area contributed by atoms with Gasteiger partial charge in [-0.15, -0.1) is 22.7 Å². The summed E-state index contributed by atoms with van der Waals surface area (Å²) in [6.07, 6.45) is 6.31. The number of ketones is 1. The molecule has 0 aliphatic carbocycles. The number of hydrogen-bond donors (Lipinski definition) is 0. The molecule has 0 bridgehead atoms. The van der Waals surface area contributed by atoms with Gasteiger partial charge in [0.1, 0.15) is 27.2 Å². The number of thiazole rings is 2. The molecule has 48 heavy (non-hydrogen) atoms. The second-order valence-corrected chi connectivity index (χ2v) is 15.5. The minimum Gasteiger partial charge on any atom is -0.332 e. The maximum Gasteiger partial charge on any atom is 0.273 e. The van der Waals surface area contributed by atoms with Gasteiger partial charge in [0.15, 0.2) is 0 Å². The lowest BCUT2D eigenvalue weighted by molar-refractivity contribution is -0.121. The van der Waals surface area contributed by atoms with Gasteiger partial charge in [0.25, 0.3) is 11.8 Å². The van der Waals surface area contributed by atoms with Gasteiger partial charge >= 0.3 is 0 Å². The molecule has 2 aliphatic rings. The third kappa shape index (κ3) is 6.64. The zero-order valence-corrected chi connectivity index (χ0v) is 30.4. The number of Topliss-reactive ketones (excluding diaryl/α,β-unsaturated/α-hetero) is 1. The van der Waals surface area contributed by atoms with Crippen molar-refractivity contribution < 1.29 is 14.4 Å². The van der Waals surface area contributed by atoms with Gasteiger partial charge in [-0.1, -0.05) is 62.4 Å². The van der Waals surface area contributed by atoms with E-state index in [9.17, 15) is 14.4 Å². The van der Waals surface area contributed by atoms with E-state index in [2.05, 4.69) is 27.7 Å². The van der Waals surface area contributed by atoms with Crippen LogP contribution < -0.4 is 0 Å². The lowest BCUT2D eigenvalue weighted by Crippen LogP contribution is -2.47. The van der Waals surface area contributed by atoms with E-state index in [1.165, 1.54) is 22.7 Å². The third-order valence-electron chi connectivity index (χ3n) is 10.5. The minimum absolute atomic E-state index is 0.0176. The normalized spacial score (nSPS) is 22.7. The van der Waals surface area contributed by atoms with Crippen LogP contribution in [0.4, 0.5) is 0 Å². The molecule has 6 unspecified atom stereocenters. The SMILES string of the molecule is CC(C(=O)C(C)c1ccccc1-c1nc(C(=O)N2C(C)CCCC2C)cs1)c1ccccc1-c1nc(C(=O)N2C(C)CCCC2C)cs1. The highest BCUT2D eigenvalue weighted by molar-refractivity contribution is 7.13. The summed E-state index contributed by atoms with van der Waals surface area (Å²) in [6.45, 7) is 12.4. The lowest BCUT2D eigenvalue weighted by Gasteiger charge is -2.38. The highest BCUT2D eigenvalue weighted by Crippen LogP contribution is 2.38. The van der Waals surface area contributed by atoms with Crippen LogP contribution in [0, 0.1) is 0 Å². The van der Waals surface area contributed by atoms with Crippen molar-refractivity contribution in [2.24, 2.45) is 0 Å². The van der Waals surface area contributed by atoms with Gasteiger partial charge in [-0.2, -0.15) is 0 Å². The highest BCUT2D eigenvalue weighted by Gasteiger charge is 2.33. The molecule has 0 N–H and O–H groups in total. The molecule has 252 valence electrons. The van der Waals surface area contributed by atoms with Crippen molar-refractivity contribution in [1.82, 2.24) is 19.8 Å². The van der Waals surface area contributed by atoms with Crippen LogP contribution in [-0.4, -0.2) is 61.5 Å². The summed E-state index contributed by atoms with van der Waals surface area (Å²) < 4.78 is 0. The van der Waals surface area contributed by atoms with E-state index in [0.29, 0.717) is 11.4 Å². The Hall–Kier alpha value is -3.69. The summed E-state index contributed by atoms with van der Waals surface area (Å²) in [5, 5.41) is 5.20. The molecule has 7 nitrogen and oxygen atoms in total. The van der Waals surface area contributed by atoms with Crippen LogP contribution in [0.2, 0.25) is 0 Å². The van der Waals surface area contributed by atoms with Crippen molar-refractivity contribution in [2.45, 2.75) is 116 Å². The molecule has 6 rings (SSSR count). The number of carbonyl (C=O) groups excluding carboxylic acids is 3. The fourth-order valence-corrected chi connectivity index (χ4v) is 9.40. The lowest BCUT2D eigenvalue weighted by atomic mass is 9.83. The smallest absolute Gasteiger partial charge is 0.273 e. The van der Waals surface area contributed by atoms with Crippen LogP contribution >= 0.6 is 22.7 Å². The number of amides is 2. The van der Waals surface area contributed by atoms with Gasteiger partial charge in [0.05, 0.1) is 0 Å². The molecule has 9 heteroatoms. The van der Waals surface area contributed by atoms with E-state index in [-0.39, 0.29) is 41.8 Å². The zero-order valence-electron chi connectivity index (χ0n) is 28.8. The predicted octanol–water partition coefficient (Wildman–Crippen LogP) is 9.22. The van der Waals surface area contributed by atoms with Gasteiger partial charge in [0, 0.05) is 57.9 Å². The Bertz CT molecular complexity index is 1650. The van der Waals surface area contributed by atoms with Gasteiger partial charge in [-0.05, 0) is 77.3 Å². The molecule has 2 amide bonds. The first-order valence-electron chi connectivity index (χ1n) is 17.4. The summed E-state index contributed by atoms with van der Waals surface area (Å²) >= 11 is 2.90. The van der Waals surface area contributed by atoms with Crippen LogP contribution in [0.3, 0.4) is 0 Å². The second-order valence-electron chi connectivity index (χ2n) is 13.8. The molecular formula is C39H46N4O3S2. The standard InChI is InChI=1S/C39H46N4O3S2/c1-23-13-11-14-24(2)42(23)38(45)33-21-47-36(40-33)31-19-9-7-17-29(31)27(5)35(44)28(6)30-18-8-10-20-32(30)37-41-34(22-48-37)39(46)43-25(3)15-12-16-26(43)4/h7-10,17-28H,11-16H2,1-6H3. The molecule has 0 saturated carbocycles. The number of likely N-dealkylation sites (tertiary alicyclic amines) is 2. The Kier molecular flexibility index (Phi) is 10.3. The number of carbonyl (C=O) groups is 3. The first-order chi connectivity index (χ1) is 23.1. The molecule has 2 saturated heterocycles. The van der Waals surface area contributed by atoms with E-state index >= 15 is 0 Å². The van der Waals surface area contributed by atoms with Crippen LogP contribution in [0.1, 0.15) is 124 Å². The zero-order chi connectivity index (χ0) is 34.1. The van der Waals surface area contributed by atoms with Crippen LogP contribution in [-0.2, 0) is 4.79 Å². The van der Waals surface area contributed by atoms with E-state index in [1.54, 1.807) is 0 Å². The number of benzene rings is 2. The minimum atomic E-state index is -0.412. The Morgan fingerprint density at radius 2 is 0.979 bits per heavy atom. The molecule has 0 radical (unpaired) electrons. The Balaban J connectivity index is 1.23. The van der Waals surface area contributed by atoms with Gasteiger partial charge in [0.2, 0.25) is 0 Å². The highest BCUT2D eigenvalue weighted by atomic mass is 32.1. The molecule has 2 aromatic heterocycles. The molecule has 2 fully saturated rings. The van der Waals surface area contributed by atoms with E-state index in [1.807, 2.05) is 82.9 Å². The van der Waals surface area contributed by atoms with Crippen LogP contribution in [0.5, 0.6) is 0 Å². The Morgan fingerprint density at radius 1 is 0.625 bits per heavy atom. The van der Waals surface area contributed by atoms with Crippen molar-refractivity contribution in [3.8, 4) is 21.1 Å². The van der Waals surface area contributed by atoms with Gasteiger partial charge in [-0.3, -0.25) is 14.4 Å². The molecule has 2 aromatic carbocycles. The average Bonchev–Trinajstić information content (AvgIpc) is 3.78. The van der Waals surface area contributed by atoms with E-state index in [4.69, 9.17) is 9.97 Å². The van der Waals surface area contributed by atoms with Crippen molar-refractivity contribution in [3.05, 3.63) is 81.8 Å². The maximum atomic E-state index is 14.2. The first kappa shape index (κ1) is 34.2. The van der Waals surface area contributed by atoms with Gasteiger partial charge < -0.3 is 9.80 Å². The summed E-state index contributed by atoms with van der Waals surface area (Å²) in [4.78, 5) is 54.9. The van der Waals surface area contributed by atoms with Crippen LogP contribution in [0.25, 0.3) is 21.1 Å². The fraction of sp³-hybridized carbons (Fsp3) is 0.462. The molecule has 2 aliphatic heterocycles. The number of nitrogens with zero attached hydrogens (tertiary/aromatic N) is 4. The number of piperidine rings is 2. The number of hydrogen-bond acceptors (Lipinski definition) is 7. The predicted molar refractivity (Wildman–Crippen MR) is 195 cm³/mol. The summed E-state index contributed by atoms with van der Waals surface area (Å²) in [6, 6.07) is 16.6. The van der Waals surface area contributed by atoms with E-state index < -0.39 is 11.8 Å². The van der Waals surface area contributed by atoms with Crippen molar-refractivity contribution in [1.29, 1.82) is 0 Å². The Morgan fingerprint density at radius 3 is 1.35 bits per heavy atom. The average molecular weight is 683 g/mol. The monoisotopic (exact) mass is 682 g/mol. The second kappa shape index (κ2) is 14.4. The first-order valence-corrected chi connectivity index (χ1v) is 19.1. The van der Waals surface area contributed by atoms with E-state index in [0.717, 1.165) is 70.8 Å². The molecule has 0 spiro atoms.